The molecule has 1 aliphatic rings. The smallest absolute Gasteiger partial charge is 0.251 e. The zero-order valence-electron chi connectivity index (χ0n) is 17.3. The van der Waals surface area contributed by atoms with Crippen LogP contribution in [0.2, 0.25) is 0 Å². The first-order valence-electron chi connectivity index (χ1n) is 9.71. The average Bonchev–Trinajstić information content (AvgIpc) is 2.65. The quantitative estimate of drug-likeness (QED) is 0.720. The maximum absolute atomic E-state index is 15.1. The van der Waals surface area contributed by atoms with Crippen LogP contribution in [-0.2, 0) is 0 Å². The number of hydrogen-bond donors (Lipinski definition) is 1. The van der Waals surface area contributed by atoms with Gasteiger partial charge < -0.3 is 19.7 Å². The zero-order chi connectivity index (χ0) is 20.8. The number of hydrogen-bond acceptors (Lipinski definition) is 4. The minimum absolute atomic E-state index is 0.0462. The third-order valence-electron chi connectivity index (χ3n) is 5.10. The van der Waals surface area contributed by atoms with E-state index in [1.165, 1.54) is 25.3 Å². The van der Waals surface area contributed by atoms with Crippen LogP contribution in [0.15, 0.2) is 18.2 Å². The highest BCUT2D eigenvalue weighted by Crippen LogP contribution is 2.28. The summed E-state index contributed by atoms with van der Waals surface area (Å²) in [7, 11) is 1.44. The molecule has 0 unspecified atom stereocenters. The molecule has 0 bridgehead atoms. The molecule has 1 aliphatic heterocycles. The second-order valence-electron chi connectivity index (χ2n) is 8.64. The normalized spacial score (nSPS) is 17.2. The number of likely N-dealkylation sites (tertiary alicyclic amines) is 1. The average molecular weight is 398 g/mol. The summed E-state index contributed by atoms with van der Waals surface area (Å²) < 4.78 is 37.4. The molecule has 2 rings (SSSR count). The Bertz CT molecular complexity index is 654. The van der Waals surface area contributed by atoms with Crippen LogP contribution >= 0.6 is 0 Å². The third kappa shape index (κ3) is 6.93. The van der Waals surface area contributed by atoms with E-state index in [9.17, 15) is 9.18 Å². The number of methoxy groups -OCH3 is 1. The Hall–Kier alpha value is -1.89. The summed E-state index contributed by atoms with van der Waals surface area (Å²) in [4.78, 5) is 14.7. The molecule has 1 amide bonds. The molecule has 28 heavy (non-hydrogen) atoms. The number of rotatable bonds is 8. The predicted octanol–water partition coefficient (Wildman–Crippen LogP) is 3.97. The number of ether oxygens (including phenoxy) is 2. The molecule has 1 heterocycles. The molecule has 7 heteroatoms. The molecular formula is C21H32F2N2O3. The van der Waals surface area contributed by atoms with Gasteiger partial charge in [0.2, 0.25) is 6.86 Å². The van der Waals surface area contributed by atoms with Gasteiger partial charge in [0.15, 0.2) is 0 Å². The van der Waals surface area contributed by atoms with Crippen LogP contribution < -0.4 is 14.8 Å². The van der Waals surface area contributed by atoms with Crippen LogP contribution in [-0.4, -0.2) is 56.6 Å². The lowest BCUT2D eigenvalue weighted by Gasteiger charge is -2.37. The van der Waals surface area contributed by atoms with Crippen molar-refractivity contribution in [2.45, 2.75) is 45.7 Å². The molecule has 0 saturated carbocycles. The van der Waals surface area contributed by atoms with Gasteiger partial charge >= 0.3 is 0 Å². The molecule has 1 N–H and O–H groups in total. The molecule has 5 nitrogen and oxygen atoms in total. The Morgan fingerprint density at radius 1 is 1.21 bits per heavy atom. The largest absolute Gasteiger partial charge is 0.497 e. The maximum atomic E-state index is 15.1. The number of carbonyl (C=O) groups excluding carboxylic acids is 1. The van der Waals surface area contributed by atoms with Crippen molar-refractivity contribution >= 4 is 5.91 Å². The van der Waals surface area contributed by atoms with E-state index >= 15 is 4.39 Å². The minimum atomic E-state index is -1.41. The summed E-state index contributed by atoms with van der Waals surface area (Å²) in [5, 5.41) is 2.66. The number of amides is 1. The van der Waals surface area contributed by atoms with E-state index in [2.05, 4.69) is 31.0 Å². The molecule has 0 spiro atoms. The Balaban J connectivity index is 1.88. The van der Waals surface area contributed by atoms with Crippen LogP contribution in [0, 0.1) is 5.41 Å². The van der Waals surface area contributed by atoms with E-state index in [1.807, 2.05) is 0 Å². The lowest BCUT2D eigenvalue weighted by Crippen LogP contribution is -2.48. The van der Waals surface area contributed by atoms with Crippen molar-refractivity contribution in [2.75, 3.05) is 40.1 Å². The minimum Gasteiger partial charge on any atom is -0.497 e. The summed E-state index contributed by atoms with van der Waals surface area (Å²) in [5.74, 6) is 0.127. The van der Waals surface area contributed by atoms with Crippen molar-refractivity contribution in [3.8, 4) is 11.5 Å². The van der Waals surface area contributed by atoms with Crippen LogP contribution in [0.4, 0.5) is 8.78 Å². The Morgan fingerprint density at radius 2 is 1.86 bits per heavy atom. The second-order valence-corrected chi connectivity index (χ2v) is 8.64. The first-order valence-corrected chi connectivity index (χ1v) is 9.71. The summed E-state index contributed by atoms with van der Waals surface area (Å²) in [6.07, 6.45) is 1.86. The van der Waals surface area contributed by atoms with Crippen molar-refractivity contribution in [1.29, 1.82) is 0 Å². The summed E-state index contributed by atoms with van der Waals surface area (Å²) in [6.45, 7) is 7.90. The first-order chi connectivity index (χ1) is 13.1. The van der Waals surface area contributed by atoms with Crippen molar-refractivity contribution in [2.24, 2.45) is 5.41 Å². The number of benzene rings is 1. The molecule has 0 aromatic heterocycles. The highest BCUT2D eigenvalue weighted by Gasteiger charge is 2.35. The van der Waals surface area contributed by atoms with E-state index in [0.717, 1.165) is 13.0 Å². The molecule has 0 aliphatic carbocycles. The van der Waals surface area contributed by atoms with E-state index in [1.54, 1.807) is 0 Å². The Kier molecular flexibility index (Phi) is 7.63. The molecule has 1 aromatic rings. The fourth-order valence-corrected chi connectivity index (χ4v) is 3.16. The summed E-state index contributed by atoms with van der Waals surface area (Å²) in [5.41, 5.74) is -0.904. The highest BCUT2D eigenvalue weighted by atomic mass is 19.1. The number of carbonyl (C=O) groups is 1. The van der Waals surface area contributed by atoms with Crippen LogP contribution in [0.5, 0.6) is 11.5 Å². The first kappa shape index (κ1) is 22.4. The second kappa shape index (κ2) is 9.54. The van der Waals surface area contributed by atoms with Gasteiger partial charge in [0.25, 0.3) is 5.91 Å². The van der Waals surface area contributed by atoms with Crippen LogP contribution in [0.1, 0.15) is 50.4 Å². The fourth-order valence-electron chi connectivity index (χ4n) is 3.16. The standard InChI is InChI=1S/C21H32F2N2O3/c1-20(2,3)5-8-25-9-6-21(23,7-10-25)14-24-19(26)16-11-17(27-4)13-18(12-16)28-15-22/h11-13H,5-10,14-15H2,1-4H3,(H,24,26). The van der Waals surface area contributed by atoms with E-state index in [0.29, 0.717) is 31.7 Å². The molecule has 1 fully saturated rings. The van der Waals surface area contributed by atoms with Gasteiger partial charge in [-0.05, 0) is 43.4 Å². The Morgan fingerprint density at radius 3 is 2.43 bits per heavy atom. The lowest BCUT2D eigenvalue weighted by atomic mass is 9.90. The van der Waals surface area contributed by atoms with Gasteiger partial charge in [-0.15, -0.1) is 0 Å². The van der Waals surface area contributed by atoms with Gasteiger partial charge in [-0.2, -0.15) is 0 Å². The van der Waals surface area contributed by atoms with Gasteiger partial charge in [0.05, 0.1) is 13.7 Å². The van der Waals surface area contributed by atoms with Gasteiger partial charge in [0.1, 0.15) is 17.2 Å². The van der Waals surface area contributed by atoms with E-state index in [-0.39, 0.29) is 23.3 Å². The number of halogens is 2. The number of nitrogens with zero attached hydrogens (tertiary/aromatic N) is 1. The van der Waals surface area contributed by atoms with Crippen LogP contribution in [0.25, 0.3) is 0 Å². The molecular weight excluding hydrogens is 366 g/mol. The summed E-state index contributed by atoms with van der Waals surface area (Å²) in [6, 6.07) is 4.41. The van der Waals surface area contributed by atoms with Gasteiger partial charge in [0, 0.05) is 24.7 Å². The number of piperidine rings is 1. The fraction of sp³-hybridized carbons (Fsp3) is 0.667. The monoisotopic (exact) mass is 398 g/mol. The topological polar surface area (TPSA) is 50.8 Å². The van der Waals surface area contributed by atoms with Crippen molar-refractivity contribution < 1.29 is 23.0 Å². The predicted molar refractivity (Wildman–Crippen MR) is 106 cm³/mol. The number of nitrogens with one attached hydrogen (secondary N) is 1. The molecule has 0 atom stereocenters. The van der Waals surface area contributed by atoms with Crippen molar-refractivity contribution in [3.63, 3.8) is 0 Å². The number of alkyl halides is 2. The highest BCUT2D eigenvalue weighted by molar-refractivity contribution is 5.95. The van der Waals surface area contributed by atoms with E-state index < -0.39 is 18.4 Å². The summed E-state index contributed by atoms with van der Waals surface area (Å²) >= 11 is 0. The maximum Gasteiger partial charge on any atom is 0.251 e. The van der Waals surface area contributed by atoms with Crippen molar-refractivity contribution in [1.82, 2.24) is 10.2 Å². The van der Waals surface area contributed by atoms with Crippen LogP contribution in [0.3, 0.4) is 0 Å². The molecule has 158 valence electrons. The third-order valence-corrected chi connectivity index (χ3v) is 5.10. The lowest BCUT2D eigenvalue weighted by molar-refractivity contribution is 0.0508. The SMILES string of the molecule is COc1cc(OCF)cc(C(=O)NCC2(F)CCN(CCC(C)(C)C)CC2)c1. The molecule has 1 aromatic carbocycles. The zero-order valence-corrected chi connectivity index (χ0v) is 17.3. The Labute approximate surface area is 166 Å². The molecule has 1 saturated heterocycles. The van der Waals surface area contributed by atoms with E-state index in [4.69, 9.17) is 9.47 Å². The molecule has 0 radical (unpaired) electrons. The van der Waals surface area contributed by atoms with Gasteiger partial charge in [-0.25, -0.2) is 8.78 Å². The van der Waals surface area contributed by atoms with Gasteiger partial charge in [-0.1, -0.05) is 20.8 Å². The van der Waals surface area contributed by atoms with Crippen molar-refractivity contribution in [3.05, 3.63) is 23.8 Å². The van der Waals surface area contributed by atoms with Gasteiger partial charge in [-0.3, -0.25) is 4.79 Å².